The van der Waals surface area contributed by atoms with E-state index in [2.05, 4.69) is 0 Å². The molecule has 40 valence electrons. The Labute approximate surface area is 53.1 Å². The first kappa shape index (κ1) is 5.46. The molecule has 0 aromatic rings. The average molecular weight is 137 g/mol. The third-order valence-electron chi connectivity index (χ3n) is 1.01. The largest absolute Gasteiger partial charge is 0.136 e. The molecule has 0 amide bonds. The molecular formula is C5H6Cl2. The van der Waals surface area contributed by atoms with Crippen LogP contribution in [0.25, 0.3) is 0 Å². The molecule has 0 aromatic carbocycles. The predicted octanol–water partition coefficient (Wildman–Crippen LogP) is 2.51. The van der Waals surface area contributed by atoms with Crippen molar-refractivity contribution in [1.29, 1.82) is 0 Å². The molecule has 0 radical (unpaired) electrons. The van der Waals surface area contributed by atoms with Crippen molar-refractivity contribution < 1.29 is 0 Å². The van der Waals surface area contributed by atoms with Crippen LogP contribution in [-0.2, 0) is 0 Å². The first-order valence-electron chi connectivity index (χ1n) is 2.26. The van der Waals surface area contributed by atoms with Gasteiger partial charge in [-0.1, -0.05) is 35.4 Å². The van der Waals surface area contributed by atoms with Gasteiger partial charge in [-0.2, -0.15) is 0 Å². The van der Waals surface area contributed by atoms with Crippen LogP contribution in [0, 0.1) is 0 Å². The lowest BCUT2D eigenvalue weighted by atomic mass is 10.3. The second-order valence-corrected chi connectivity index (χ2v) is 3.24. The van der Waals surface area contributed by atoms with Crippen molar-refractivity contribution in [2.75, 3.05) is 0 Å². The fraction of sp³-hybridized carbons (Fsp3) is 0.600. The average Bonchev–Trinajstić information content (AvgIpc) is 1.84. The molecule has 0 atom stereocenters. The van der Waals surface area contributed by atoms with Crippen LogP contribution in [0.2, 0.25) is 0 Å². The maximum atomic E-state index is 5.65. The summed E-state index contributed by atoms with van der Waals surface area (Å²) >= 11 is 11.3. The third-order valence-corrected chi connectivity index (χ3v) is 1.64. The summed E-state index contributed by atoms with van der Waals surface area (Å²) in [6, 6.07) is 0. The summed E-state index contributed by atoms with van der Waals surface area (Å²) in [5.41, 5.74) is 0. The third kappa shape index (κ3) is 1.36. The van der Waals surface area contributed by atoms with Gasteiger partial charge in [0.2, 0.25) is 0 Å². The van der Waals surface area contributed by atoms with Gasteiger partial charge >= 0.3 is 0 Å². The monoisotopic (exact) mass is 136 g/mol. The first-order valence-corrected chi connectivity index (χ1v) is 3.02. The Kier molecular flexibility index (Phi) is 1.31. The minimum atomic E-state index is -0.542. The highest BCUT2D eigenvalue weighted by Gasteiger charge is 2.22. The fourth-order valence-corrected chi connectivity index (χ4v) is 1.01. The van der Waals surface area contributed by atoms with E-state index in [1.807, 2.05) is 12.2 Å². The highest BCUT2D eigenvalue weighted by molar-refractivity contribution is 6.50. The molecule has 0 heterocycles. The zero-order valence-electron chi connectivity index (χ0n) is 3.82. The predicted molar refractivity (Wildman–Crippen MR) is 32.8 cm³/mol. The summed E-state index contributed by atoms with van der Waals surface area (Å²) in [5.74, 6) is 0. The molecule has 1 aliphatic carbocycles. The number of rotatable bonds is 0. The molecule has 1 aliphatic rings. The molecule has 0 aromatic heterocycles. The lowest BCUT2D eigenvalue weighted by Gasteiger charge is -2.04. The van der Waals surface area contributed by atoms with Crippen LogP contribution in [0.4, 0.5) is 0 Å². The molecule has 0 aliphatic heterocycles. The van der Waals surface area contributed by atoms with Gasteiger partial charge in [0, 0.05) is 0 Å². The molecule has 0 N–H and O–H groups in total. The van der Waals surface area contributed by atoms with Crippen LogP contribution < -0.4 is 0 Å². The first-order chi connectivity index (χ1) is 3.21. The Hall–Kier alpha value is 0.320. The van der Waals surface area contributed by atoms with Crippen LogP contribution in [-0.4, -0.2) is 4.33 Å². The molecule has 0 fully saturated rings. The molecule has 0 saturated carbocycles. The number of hydrogen-bond acceptors (Lipinski definition) is 0. The summed E-state index contributed by atoms with van der Waals surface area (Å²) in [5, 5.41) is 0. The van der Waals surface area contributed by atoms with E-state index in [1.165, 1.54) is 0 Å². The normalized spacial score (nSPS) is 26.0. The van der Waals surface area contributed by atoms with Crippen molar-refractivity contribution in [3.05, 3.63) is 12.2 Å². The Morgan fingerprint density at radius 1 is 1.43 bits per heavy atom. The quantitative estimate of drug-likeness (QED) is 0.355. The van der Waals surface area contributed by atoms with E-state index in [9.17, 15) is 0 Å². The van der Waals surface area contributed by atoms with Crippen molar-refractivity contribution in [2.24, 2.45) is 0 Å². The van der Waals surface area contributed by atoms with Gasteiger partial charge in [-0.05, 0) is 12.8 Å². The minimum absolute atomic E-state index is 0.542. The van der Waals surface area contributed by atoms with Gasteiger partial charge in [0.05, 0.1) is 0 Å². The van der Waals surface area contributed by atoms with Crippen LogP contribution >= 0.6 is 23.2 Å². The van der Waals surface area contributed by atoms with E-state index < -0.39 is 4.33 Å². The minimum Gasteiger partial charge on any atom is -0.0970 e. The van der Waals surface area contributed by atoms with Gasteiger partial charge < -0.3 is 0 Å². The summed E-state index contributed by atoms with van der Waals surface area (Å²) in [7, 11) is 0. The van der Waals surface area contributed by atoms with Crippen LogP contribution in [0.3, 0.4) is 0 Å². The van der Waals surface area contributed by atoms with Gasteiger partial charge in [-0.25, -0.2) is 0 Å². The molecule has 1 rings (SSSR count). The molecule has 0 bridgehead atoms. The maximum Gasteiger partial charge on any atom is 0.136 e. The zero-order valence-corrected chi connectivity index (χ0v) is 5.34. The van der Waals surface area contributed by atoms with Crippen molar-refractivity contribution in [3.63, 3.8) is 0 Å². The Morgan fingerprint density at radius 2 is 2.14 bits per heavy atom. The second kappa shape index (κ2) is 1.68. The number of alkyl halides is 2. The van der Waals surface area contributed by atoms with Gasteiger partial charge in [0.1, 0.15) is 4.33 Å². The van der Waals surface area contributed by atoms with Crippen molar-refractivity contribution >= 4 is 23.2 Å². The second-order valence-electron chi connectivity index (χ2n) is 1.70. The van der Waals surface area contributed by atoms with Crippen LogP contribution in [0.1, 0.15) is 12.8 Å². The van der Waals surface area contributed by atoms with Crippen LogP contribution in [0.5, 0.6) is 0 Å². The smallest absolute Gasteiger partial charge is 0.0970 e. The Balaban J connectivity index is 2.57. The molecule has 7 heavy (non-hydrogen) atoms. The SMILES string of the molecule is ClC1(Cl)C=CCC1. The van der Waals surface area contributed by atoms with Gasteiger partial charge in [-0.3, -0.25) is 0 Å². The van der Waals surface area contributed by atoms with E-state index in [4.69, 9.17) is 23.2 Å². The van der Waals surface area contributed by atoms with Gasteiger partial charge in [0.15, 0.2) is 0 Å². The number of halogens is 2. The summed E-state index contributed by atoms with van der Waals surface area (Å²) < 4.78 is -0.542. The van der Waals surface area contributed by atoms with Gasteiger partial charge in [0.25, 0.3) is 0 Å². The van der Waals surface area contributed by atoms with E-state index >= 15 is 0 Å². The molecule has 0 saturated heterocycles. The van der Waals surface area contributed by atoms with Crippen LogP contribution in [0.15, 0.2) is 12.2 Å². The standard InChI is InChI=1S/C5H6Cl2/c6-5(7)3-1-2-4-5/h1,3H,2,4H2. The molecule has 0 spiro atoms. The van der Waals surface area contributed by atoms with E-state index in [0.717, 1.165) is 12.8 Å². The maximum absolute atomic E-state index is 5.65. The molecule has 2 heteroatoms. The number of hydrogen-bond donors (Lipinski definition) is 0. The zero-order chi connectivity index (χ0) is 5.33. The van der Waals surface area contributed by atoms with Crippen molar-refractivity contribution in [2.45, 2.75) is 17.2 Å². The Bertz CT molecular complexity index is 94.3. The van der Waals surface area contributed by atoms with Gasteiger partial charge in [-0.15, -0.1) is 0 Å². The summed E-state index contributed by atoms with van der Waals surface area (Å²) in [6.45, 7) is 0. The molecule has 0 nitrogen and oxygen atoms in total. The molecule has 0 unspecified atom stereocenters. The fourth-order valence-electron chi connectivity index (χ4n) is 0.615. The lowest BCUT2D eigenvalue weighted by molar-refractivity contribution is 0.879. The Morgan fingerprint density at radius 3 is 2.29 bits per heavy atom. The van der Waals surface area contributed by atoms with E-state index in [-0.39, 0.29) is 0 Å². The number of allylic oxidation sites excluding steroid dienone is 2. The summed E-state index contributed by atoms with van der Waals surface area (Å²) in [6.07, 6.45) is 5.72. The van der Waals surface area contributed by atoms with Crippen molar-refractivity contribution in [3.8, 4) is 0 Å². The van der Waals surface area contributed by atoms with Crippen molar-refractivity contribution in [1.82, 2.24) is 0 Å². The lowest BCUT2D eigenvalue weighted by Crippen LogP contribution is -2.00. The molecular weight excluding hydrogens is 131 g/mol. The topological polar surface area (TPSA) is 0 Å². The summed E-state index contributed by atoms with van der Waals surface area (Å²) in [4.78, 5) is 0. The van der Waals surface area contributed by atoms with E-state index in [1.54, 1.807) is 0 Å². The van der Waals surface area contributed by atoms with E-state index in [0.29, 0.717) is 0 Å². The highest BCUT2D eigenvalue weighted by Crippen LogP contribution is 2.33. The highest BCUT2D eigenvalue weighted by atomic mass is 35.5.